The highest BCUT2D eigenvalue weighted by Crippen LogP contribution is 2.38. The normalized spacial score (nSPS) is 19.2. The van der Waals surface area contributed by atoms with Crippen molar-refractivity contribution < 1.29 is 14.6 Å². The highest BCUT2D eigenvalue weighted by molar-refractivity contribution is 6.74. The molecule has 0 aliphatic heterocycles. The molecule has 4 heteroatoms. The Kier molecular flexibility index (Phi) is 6.68. The molecule has 2 atom stereocenters. The minimum atomic E-state index is -1.89. The summed E-state index contributed by atoms with van der Waals surface area (Å²) in [6.07, 6.45) is 2.89. The van der Waals surface area contributed by atoms with Gasteiger partial charge in [0.25, 0.3) is 0 Å². The average molecular weight is 303 g/mol. The van der Waals surface area contributed by atoms with Crippen LogP contribution in [0.1, 0.15) is 53.9 Å². The smallest absolute Gasteiger partial charge is 0.192 e. The van der Waals surface area contributed by atoms with Crippen LogP contribution >= 0.6 is 0 Å². The van der Waals surface area contributed by atoms with Gasteiger partial charge >= 0.3 is 0 Å². The number of hydrogen-bond acceptors (Lipinski definition) is 3. The van der Waals surface area contributed by atoms with Crippen molar-refractivity contribution in [2.24, 2.45) is 0 Å². The highest BCUT2D eigenvalue weighted by atomic mass is 28.4. The van der Waals surface area contributed by atoms with Gasteiger partial charge in [-0.2, -0.15) is 0 Å². The number of rotatable bonds is 8. The predicted molar refractivity (Wildman–Crippen MR) is 88.4 cm³/mol. The van der Waals surface area contributed by atoms with Gasteiger partial charge in [-0.25, -0.2) is 0 Å². The monoisotopic (exact) mass is 302 g/mol. The van der Waals surface area contributed by atoms with Crippen molar-refractivity contribution in [2.45, 2.75) is 83.2 Å². The van der Waals surface area contributed by atoms with E-state index in [9.17, 15) is 10.2 Å². The predicted octanol–water partition coefficient (Wildman–Crippen LogP) is 3.87. The van der Waals surface area contributed by atoms with E-state index in [2.05, 4.69) is 40.4 Å². The summed E-state index contributed by atoms with van der Waals surface area (Å²) in [7, 11) is -1.89. The molecule has 0 fully saturated rings. The van der Waals surface area contributed by atoms with Crippen LogP contribution in [0.4, 0.5) is 0 Å². The van der Waals surface area contributed by atoms with E-state index in [-0.39, 0.29) is 18.1 Å². The van der Waals surface area contributed by atoms with Crippen molar-refractivity contribution in [2.75, 3.05) is 6.61 Å². The third kappa shape index (κ3) is 5.32. The lowest BCUT2D eigenvalue weighted by molar-refractivity contribution is -0.0712. The first-order valence-corrected chi connectivity index (χ1v) is 10.5. The summed E-state index contributed by atoms with van der Waals surface area (Å²) >= 11 is 0. The summed E-state index contributed by atoms with van der Waals surface area (Å²) in [5.74, 6) is 0. The summed E-state index contributed by atoms with van der Waals surface area (Å²) in [6, 6.07) is 0. The molecule has 2 N–H and O–H groups in total. The van der Waals surface area contributed by atoms with Crippen LogP contribution in [0.5, 0.6) is 0 Å². The molecule has 0 saturated carbocycles. The zero-order chi connectivity index (χ0) is 16.2. The Morgan fingerprint density at radius 3 is 1.90 bits per heavy atom. The summed E-state index contributed by atoms with van der Waals surface area (Å²) in [6.45, 7) is 18.6. The highest BCUT2D eigenvalue weighted by Gasteiger charge is 2.41. The summed E-state index contributed by atoms with van der Waals surface area (Å²) < 4.78 is 6.13. The molecular weight excluding hydrogens is 268 g/mol. The van der Waals surface area contributed by atoms with Gasteiger partial charge in [-0.05, 0) is 31.0 Å². The minimum Gasteiger partial charge on any atom is -0.414 e. The SMILES string of the molecule is C=C[C@](O)(CC)C[C@](O)(CC)CO[Si](C)(C)C(C)(C)C. The average Bonchev–Trinajstić information content (AvgIpc) is 2.35. The lowest BCUT2D eigenvalue weighted by Crippen LogP contribution is -2.48. The maximum absolute atomic E-state index is 10.7. The van der Waals surface area contributed by atoms with Crippen LogP contribution in [0, 0.1) is 0 Å². The van der Waals surface area contributed by atoms with Crippen LogP contribution in [0.15, 0.2) is 12.7 Å². The molecule has 3 nitrogen and oxygen atoms in total. The van der Waals surface area contributed by atoms with Gasteiger partial charge in [0.1, 0.15) is 0 Å². The third-order valence-corrected chi connectivity index (χ3v) is 9.27. The van der Waals surface area contributed by atoms with Gasteiger partial charge in [0.15, 0.2) is 8.32 Å². The van der Waals surface area contributed by atoms with Gasteiger partial charge in [-0.15, -0.1) is 6.58 Å². The zero-order valence-corrected chi connectivity index (χ0v) is 15.4. The van der Waals surface area contributed by atoms with Crippen LogP contribution in [-0.2, 0) is 4.43 Å². The van der Waals surface area contributed by atoms with Crippen molar-refractivity contribution >= 4 is 8.32 Å². The standard InChI is InChI=1S/C16H34O3Si/c1-9-15(17,10-2)12-16(18,11-3)13-19-20(7,8)14(4,5)6/h9,17-18H,1,10-13H2,2-8H3/t15-,16+/m0/s1. The molecule has 0 amide bonds. The van der Waals surface area contributed by atoms with Crippen LogP contribution in [0.2, 0.25) is 18.1 Å². The second-order valence-electron chi connectivity index (χ2n) is 7.46. The molecule has 0 rings (SSSR count). The maximum atomic E-state index is 10.7. The molecule has 0 radical (unpaired) electrons. The van der Waals surface area contributed by atoms with Crippen molar-refractivity contribution in [3.05, 3.63) is 12.7 Å². The van der Waals surface area contributed by atoms with E-state index in [1.54, 1.807) is 0 Å². The molecule has 0 bridgehead atoms. The van der Waals surface area contributed by atoms with Gasteiger partial charge in [-0.1, -0.05) is 40.7 Å². The molecule has 0 saturated heterocycles. The molecule has 0 aliphatic rings. The van der Waals surface area contributed by atoms with Gasteiger partial charge < -0.3 is 14.6 Å². The third-order valence-electron chi connectivity index (χ3n) is 4.79. The molecule has 120 valence electrons. The summed E-state index contributed by atoms with van der Waals surface area (Å²) in [5.41, 5.74) is -2.03. The quantitative estimate of drug-likeness (QED) is 0.528. The Labute approximate surface area is 126 Å². The van der Waals surface area contributed by atoms with Crippen LogP contribution in [-0.4, -0.2) is 36.3 Å². The molecule has 0 aromatic rings. The fraction of sp³-hybridized carbons (Fsp3) is 0.875. The molecular formula is C16H34O3Si. The largest absolute Gasteiger partial charge is 0.414 e. The second kappa shape index (κ2) is 6.73. The van der Waals surface area contributed by atoms with E-state index in [1.165, 1.54) is 6.08 Å². The Morgan fingerprint density at radius 2 is 1.60 bits per heavy atom. The zero-order valence-electron chi connectivity index (χ0n) is 14.4. The second-order valence-corrected chi connectivity index (χ2v) is 12.3. The van der Waals surface area contributed by atoms with Gasteiger partial charge in [0, 0.05) is 6.42 Å². The van der Waals surface area contributed by atoms with Gasteiger partial charge in [-0.3, -0.25) is 0 Å². The first-order valence-electron chi connectivity index (χ1n) is 7.57. The minimum absolute atomic E-state index is 0.112. The fourth-order valence-corrected chi connectivity index (χ4v) is 2.78. The first-order chi connectivity index (χ1) is 8.85. The van der Waals surface area contributed by atoms with E-state index in [1.807, 2.05) is 13.8 Å². The molecule has 0 aromatic heterocycles. The van der Waals surface area contributed by atoms with Crippen molar-refractivity contribution in [3.63, 3.8) is 0 Å². The first kappa shape index (κ1) is 19.8. The molecule has 20 heavy (non-hydrogen) atoms. The van der Waals surface area contributed by atoms with E-state index >= 15 is 0 Å². The summed E-state index contributed by atoms with van der Waals surface area (Å²) in [4.78, 5) is 0. The van der Waals surface area contributed by atoms with Crippen LogP contribution in [0.3, 0.4) is 0 Å². The van der Waals surface area contributed by atoms with E-state index in [0.29, 0.717) is 12.8 Å². The Morgan fingerprint density at radius 1 is 1.10 bits per heavy atom. The fourth-order valence-electron chi connectivity index (χ4n) is 1.72. The molecule has 0 heterocycles. The van der Waals surface area contributed by atoms with Crippen molar-refractivity contribution in [3.8, 4) is 0 Å². The molecule has 0 aromatic carbocycles. The topological polar surface area (TPSA) is 49.7 Å². The van der Waals surface area contributed by atoms with Crippen LogP contribution in [0.25, 0.3) is 0 Å². The summed E-state index contributed by atoms with van der Waals surface area (Å²) in [5, 5.41) is 21.2. The van der Waals surface area contributed by atoms with Gasteiger partial charge in [0.2, 0.25) is 0 Å². The Hall–Kier alpha value is -0.163. The van der Waals surface area contributed by atoms with Crippen LogP contribution < -0.4 is 0 Å². The molecule has 0 aliphatic carbocycles. The number of aliphatic hydroxyl groups is 2. The van der Waals surface area contributed by atoms with Crippen molar-refractivity contribution in [1.29, 1.82) is 0 Å². The van der Waals surface area contributed by atoms with Gasteiger partial charge in [0.05, 0.1) is 17.8 Å². The Bertz CT molecular complexity index is 322. The lowest BCUT2D eigenvalue weighted by Gasteiger charge is -2.41. The molecule has 0 spiro atoms. The van der Waals surface area contributed by atoms with E-state index in [4.69, 9.17) is 4.43 Å². The van der Waals surface area contributed by atoms with E-state index < -0.39 is 19.5 Å². The Balaban J connectivity index is 4.89. The van der Waals surface area contributed by atoms with E-state index in [0.717, 1.165) is 0 Å². The van der Waals surface area contributed by atoms with Crippen molar-refractivity contribution in [1.82, 2.24) is 0 Å². The number of hydrogen-bond donors (Lipinski definition) is 2. The maximum Gasteiger partial charge on any atom is 0.192 e. The molecule has 0 unspecified atom stereocenters. The lowest BCUT2D eigenvalue weighted by atomic mass is 9.84.